The summed E-state index contributed by atoms with van der Waals surface area (Å²) in [6.45, 7) is 2.00. The summed E-state index contributed by atoms with van der Waals surface area (Å²) in [6.07, 6.45) is 1.83. The van der Waals surface area contributed by atoms with E-state index in [1.807, 2.05) is 0 Å². The Morgan fingerprint density at radius 3 is 3.20 bits per heavy atom. The van der Waals surface area contributed by atoms with Crippen molar-refractivity contribution < 1.29 is 13.9 Å². The number of carbonyl (C=O) groups is 1. The van der Waals surface area contributed by atoms with Gasteiger partial charge >= 0.3 is 11.9 Å². The molecule has 1 aliphatic rings. The van der Waals surface area contributed by atoms with E-state index in [1.54, 1.807) is 0 Å². The van der Waals surface area contributed by atoms with Gasteiger partial charge in [-0.2, -0.15) is 0 Å². The van der Waals surface area contributed by atoms with Crippen LogP contribution in [-0.2, 0) is 11.2 Å². The quantitative estimate of drug-likeness (QED) is 0.709. The van der Waals surface area contributed by atoms with Crippen molar-refractivity contribution in [3.63, 3.8) is 0 Å². The van der Waals surface area contributed by atoms with Gasteiger partial charge in [-0.15, -0.1) is 10.2 Å². The molecule has 0 spiro atoms. The molecule has 0 aliphatic carbocycles. The zero-order valence-corrected chi connectivity index (χ0v) is 8.52. The molecule has 15 heavy (non-hydrogen) atoms. The molecule has 1 N–H and O–H groups in total. The van der Waals surface area contributed by atoms with Crippen molar-refractivity contribution >= 4 is 5.97 Å². The maximum Gasteiger partial charge on any atom is 0.396 e. The van der Waals surface area contributed by atoms with Gasteiger partial charge in [-0.05, 0) is 25.4 Å². The van der Waals surface area contributed by atoms with E-state index < -0.39 is 5.97 Å². The average Bonchev–Trinajstić information content (AvgIpc) is 2.88. The minimum atomic E-state index is -0.585. The first-order chi connectivity index (χ1) is 7.29. The molecule has 0 amide bonds. The number of esters is 1. The second-order valence-corrected chi connectivity index (χ2v) is 3.56. The molecule has 1 aromatic heterocycles. The number of methoxy groups -OCH3 is 1. The van der Waals surface area contributed by atoms with Crippen molar-refractivity contribution in [3.05, 3.63) is 11.8 Å². The summed E-state index contributed by atoms with van der Waals surface area (Å²) in [5.41, 5.74) is 0. The standard InChI is InChI=1S/C9H13N3O3/c1-14-9(13)8-12-11-7(15-8)4-6-2-3-10-5-6/h6,10H,2-5H2,1H3. The van der Waals surface area contributed by atoms with E-state index in [-0.39, 0.29) is 5.89 Å². The second-order valence-electron chi connectivity index (χ2n) is 3.56. The Hall–Kier alpha value is -1.43. The first-order valence-electron chi connectivity index (χ1n) is 4.91. The molecule has 0 aromatic carbocycles. The van der Waals surface area contributed by atoms with Gasteiger partial charge in [-0.25, -0.2) is 4.79 Å². The second kappa shape index (κ2) is 4.39. The maximum atomic E-state index is 11.0. The molecule has 1 saturated heterocycles. The third kappa shape index (κ3) is 2.33. The highest BCUT2D eigenvalue weighted by Gasteiger charge is 2.20. The summed E-state index contributed by atoms with van der Waals surface area (Å²) in [4.78, 5) is 11.0. The van der Waals surface area contributed by atoms with E-state index in [9.17, 15) is 4.79 Å². The van der Waals surface area contributed by atoms with Gasteiger partial charge in [0, 0.05) is 6.42 Å². The fourth-order valence-electron chi connectivity index (χ4n) is 1.64. The Bertz CT molecular complexity index is 344. The number of aromatic nitrogens is 2. The van der Waals surface area contributed by atoms with Gasteiger partial charge < -0.3 is 14.5 Å². The summed E-state index contributed by atoms with van der Waals surface area (Å²) >= 11 is 0. The molecule has 0 bridgehead atoms. The number of hydrogen-bond donors (Lipinski definition) is 1. The highest BCUT2D eigenvalue weighted by atomic mass is 16.5. The lowest BCUT2D eigenvalue weighted by Gasteiger charge is -2.02. The smallest absolute Gasteiger partial charge is 0.396 e. The zero-order chi connectivity index (χ0) is 10.7. The van der Waals surface area contributed by atoms with E-state index in [2.05, 4.69) is 20.3 Å². The minimum Gasteiger partial charge on any atom is -0.462 e. The first-order valence-corrected chi connectivity index (χ1v) is 4.91. The Morgan fingerprint density at radius 2 is 2.53 bits per heavy atom. The molecule has 0 radical (unpaired) electrons. The maximum absolute atomic E-state index is 11.0. The van der Waals surface area contributed by atoms with Crippen molar-refractivity contribution in [3.8, 4) is 0 Å². The fourth-order valence-corrected chi connectivity index (χ4v) is 1.64. The van der Waals surface area contributed by atoms with Gasteiger partial charge in [0.2, 0.25) is 5.89 Å². The summed E-state index contributed by atoms with van der Waals surface area (Å²) in [7, 11) is 1.28. The van der Waals surface area contributed by atoms with E-state index in [4.69, 9.17) is 4.42 Å². The molecular weight excluding hydrogens is 198 g/mol. The van der Waals surface area contributed by atoms with Crippen molar-refractivity contribution in [2.45, 2.75) is 12.8 Å². The van der Waals surface area contributed by atoms with E-state index in [0.717, 1.165) is 25.9 Å². The largest absolute Gasteiger partial charge is 0.462 e. The molecule has 0 saturated carbocycles. The number of hydrogen-bond acceptors (Lipinski definition) is 6. The Kier molecular flexibility index (Phi) is 2.96. The Balaban J connectivity index is 1.97. The first kappa shape index (κ1) is 10.1. The summed E-state index contributed by atoms with van der Waals surface area (Å²) in [5.74, 6) is 0.372. The third-order valence-electron chi connectivity index (χ3n) is 2.45. The zero-order valence-electron chi connectivity index (χ0n) is 8.52. The Labute approximate surface area is 87.0 Å². The van der Waals surface area contributed by atoms with Gasteiger partial charge in [0.05, 0.1) is 7.11 Å². The lowest BCUT2D eigenvalue weighted by Crippen LogP contribution is -2.10. The van der Waals surface area contributed by atoms with Crippen LogP contribution in [0.1, 0.15) is 23.0 Å². The highest BCUT2D eigenvalue weighted by molar-refractivity contribution is 5.83. The van der Waals surface area contributed by atoms with Crippen LogP contribution in [-0.4, -0.2) is 36.4 Å². The number of ether oxygens (including phenoxy) is 1. The van der Waals surface area contributed by atoms with Crippen LogP contribution in [0.5, 0.6) is 0 Å². The van der Waals surface area contributed by atoms with Gasteiger partial charge in [0.15, 0.2) is 0 Å². The number of nitrogens with zero attached hydrogens (tertiary/aromatic N) is 2. The molecule has 2 rings (SSSR count). The summed E-state index contributed by atoms with van der Waals surface area (Å²) in [5, 5.41) is 10.7. The van der Waals surface area contributed by atoms with Crippen LogP contribution in [0.3, 0.4) is 0 Å². The third-order valence-corrected chi connectivity index (χ3v) is 2.45. The van der Waals surface area contributed by atoms with Crippen molar-refractivity contribution in [2.24, 2.45) is 5.92 Å². The molecule has 1 atom stereocenters. The number of carbonyl (C=O) groups excluding carboxylic acids is 1. The van der Waals surface area contributed by atoms with Crippen LogP contribution in [0, 0.1) is 5.92 Å². The summed E-state index contributed by atoms with van der Waals surface area (Å²) in [6, 6.07) is 0. The molecule has 1 fully saturated rings. The summed E-state index contributed by atoms with van der Waals surface area (Å²) < 4.78 is 9.65. The van der Waals surface area contributed by atoms with Crippen molar-refractivity contribution in [2.75, 3.05) is 20.2 Å². The van der Waals surface area contributed by atoms with E-state index >= 15 is 0 Å². The topological polar surface area (TPSA) is 77.2 Å². The van der Waals surface area contributed by atoms with Crippen LogP contribution < -0.4 is 5.32 Å². The number of rotatable bonds is 3. The predicted molar refractivity (Wildman–Crippen MR) is 50.3 cm³/mol. The SMILES string of the molecule is COC(=O)c1nnc(CC2CCNC2)o1. The predicted octanol–water partition coefficient (Wildman–Crippen LogP) is 0.00820. The molecule has 1 unspecified atom stereocenters. The molecule has 82 valence electrons. The van der Waals surface area contributed by atoms with E-state index in [0.29, 0.717) is 11.8 Å². The molecule has 6 heteroatoms. The van der Waals surface area contributed by atoms with Gasteiger partial charge in [-0.3, -0.25) is 0 Å². The van der Waals surface area contributed by atoms with Crippen molar-refractivity contribution in [1.82, 2.24) is 15.5 Å². The minimum absolute atomic E-state index is 0.0709. The van der Waals surface area contributed by atoms with Gasteiger partial charge in [-0.1, -0.05) is 0 Å². The average molecular weight is 211 g/mol. The molecule has 2 heterocycles. The number of nitrogens with one attached hydrogen (secondary N) is 1. The lowest BCUT2D eigenvalue weighted by atomic mass is 10.1. The van der Waals surface area contributed by atoms with Crippen LogP contribution in [0.2, 0.25) is 0 Å². The molecular formula is C9H13N3O3. The van der Waals surface area contributed by atoms with Crippen LogP contribution >= 0.6 is 0 Å². The molecule has 1 aromatic rings. The Morgan fingerprint density at radius 1 is 1.67 bits per heavy atom. The van der Waals surface area contributed by atoms with Crippen LogP contribution in [0.25, 0.3) is 0 Å². The normalized spacial score (nSPS) is 20.5. The van der Waals surface area contributed by atoms with E-state index in [1.165, 1.54) is 7.11 Å². The lowest BCUT2D eigenvalue weighted by molar-refractivity contribution is 0.0553. The van der Waals surface area contributed by atoms with Crippen LogP contribution in [0.4, 0.5) is 0 Å². The molecule has 6 nitrogen and oxygen atoms in total. The van der Waals surface area contributed by atoms with Crippen LogP contribution in [0.15, 0.2) is 4.42 Å². The van der Waals surface area contributed by atoms with Gasteiger partial charge in [0.1, 0.15) is 0 Å². The highest BCUT2D eigenvalue weighted by Crippen LogP contribution is 2.14. The fraction of sp³-hybridized carbons (Fsp3) is 0.667. The van der Waals surface area contributed by atoms with Gasteiger partial charge in [0.25, 0.3) is 0 Å². The van der Waals surface area contributed by atoms with Crippen molar-refractivity contribution in [1.29, 1.82) is 0 Å². The molecule has 1 aliphatic heterocycles. The monoisotopic (exact) mass is 211 g/mol.